The lowest BCUT2D eigenvalue weighted by Crippen LogP contribution is -2.20. The second-order valence-corrected chi connectivity index (χ2v) is 11.6. The monoisotopic (exact) mass is 611 g/mol. The Kier molecular flexibility index (Phi) is 8.20. The minimum atomic E-state index is -0.297. The number of H-pyrrole nitrogens is 2. The summed E-state index contributed by atoms with van der Waals surface area (Å²) < 4.78 is 14.7. The standard InChI is InChI=1S/C36H34FN9/c1-46(2)11-10-40-28-14-25(13-27(37)15-28)29-8-9-41-36-30(29)16-33(43-36)35-31-17-32(42-22-34(31)44-45-35)26-12-24(20-39-21-26)19-38-18-23-6-4-3-5-7-23/h3-9,12-17,20-22,38,40H,10-11,18-19H2,1-2H3,(H,41,43)(H,44,45). The van der Waals surface area contributed by atoms with E-state index in [-0.39, 0.29) is 5.82 Å². The third-order valence-corrected chi connectivity index (χ3v) is 7.92. The molecule has 5 aromatic heterocycles. The Labute approximate surface area is 266 Å². The summed E-state index contributed by atoms with van der Waals surface area (Å²) in [5, 5.41) is 16.4. The van der Waals surface area contributed by atoms with Gasteiger partial charge in [0.2, 0.25) is 0 Å². The fraction of sp³-hybridized carbons (Fsp3) is 0.167. The van der Waals surface area contributed by atoms with Crippen LogP contribution in [0.4, 0.5) is 10.1 Å². The minimum absolute atomic E-state index is 0.297. The molecule has 0 saturated carbocycles. The third-order valence-electron chi connectivity index (χ3n) is 7.92. The summed E-state index contributed by atoms with van der Waals surface area (Å²) in [6, 6.07) is 23.5. The Morgan fingerprint density at radius 3 is 2.57 bits per heavy atom. The molecular formula is C36H34FN9. The van der Waals surface area contributed by atoms with Gasteiger partial charge < -0.3 is 20.5 Å². The van der Waals surface area contributed by atoms with E-state index in [1.807, 2.05) is 69.0 Å². The van der Waals surface area contributed by atoms with Crippen LogP contribution in [-0.4, -0.2) is 62.2 Å². The van der Waals surface area contributed by atoms with Crippen LogP contribution in [-0.2, 0) is 13.1 Å². The molecule has 230 valence electrons. The molecule has 7 rings (SSSR count). The van der Waals surface area contributed by atoms with Crippen molar-refractivity contribution in [3.05, 3.63) is 115 Å². The molecule has 5 heterocycles. The summed E-state index contributed by atoms with van der Waals surface area (Å²) >= 11 is 0. The zero-order valence-electron chi connectivity index (χ0n) is 25.7. The average molecular weight is 612 g/mol. The molecule has 0 fully saturated rings. The summed E-state index contributed by atoms with van der Waals surface area (Å²) in [5.74, 6) is -0.297. The van der Waals surface area contributed by atoms with Gasteiger partial charge >= 0.3 is 0 Å². The molecule has 0 aliphatic carbocycles. The number of hydrogen-bond acceptors (Lipinski definition) is 7. The van der Waals surface area contributed by atoms with Gasteiger partial charge in [-0.15, -0.1) is 0 Å². The Bertz CT molecular complexity index is 2120. The van der Waals surface area contributed by atoms with Gasteiger partial charge in [0.05, 0.1) is 23.1 Å². The largest absolute Gasteiger partial charge is 0.384 e. The van der Waals surface area contributed by atoms with Gasteiger partial charge in [-0.05, 0) is 78.8 Å². The lowest BCUT2D eigenvalue weighted by Gasteiger charge is -2.13. The quantitative estimate of drug-likeness (QED) is 0.130. The third kappa shape index (κ3) is 6.35. The molecule has 0 amide bonds. The number of nitrogens with one attached hydrogen (secondary N) is 4. The van der Waals surface area contributed by atoms with Gasteiger partial charge in [-0.25, -0.2) is 9.37 Å². The first-order valence-electron chi connectivity index (χ1n) is 15.2. The van der Waals surface area contributed by atoms with Crippen LogP contribution in [0.1, 0.15) is 11.1 Å². The van der Waals surface area contributed by atoms with Crippen molar-refractivity contribution in [2.75, 3.05) is 32.5 Å². The molecule has 0 atom stereocenters. The predicted octanol–water partition coefficient (Wildman–Crippen LogP) is 6.63. The van der Waals surface area contributed by atoms with E-state index < -0.39 is 0 Å². The molecule has 0 saturated heterocycles. The number of fused-ring (bicyclic) bond motifs is 2. The Morgan fingerprint density at radius 2 is 1.70 bits per heavy atom. The first kappa shape index (κ1) is 29.3. The molecule has 0 unspecified atom stereocenters. The van der Waals surface area contributed by atoms with Crippen LogP contribution in [0.2, 0.25) is 0 Å². The minimum Gasteiger partial charge on any atom is -0.384 e. The summed E-state index contributed by atoms with van der Waals surface area (Å²) in [6.45, 7) is 3.03. The van der Waals surface area contributed by atoms with Gasteiger partial charge in [0.1, 0.15) is 17.2 Å². The van der Waals surface area contributed by atoms with E-state index >= 15 is 0 Å². The molecule has 2 aromatic carbocycles. The lowest BCUT2D eigenvalue weighted by atomic mass is 10.0. The molecule has 46 heavy (non-hydrogen) atoms. The van der Waals surface area contributed by atoms with Gasteiger partial charge in [0, 0.05) is 66.8 Å². The topological polar surface area (TPSA) is 110 Å². The number of hydrogen-bond donors (Lipinski definition) is 4. The van der Waals surface area contributed by atoms with Crippen molar-refractivity contribution in [2.24, 2.45) is 0 Å². The van der Waals surface area contributed by atoms with Crippen molar-refractivity contribution in [2.45, 2.75) is 13.1 Å². The van der Waals surface area contributed by atoms with E-state index in [9.17, 15) is 4.39 Å². The van der Waals surface area contributed by atoms with E-state index in [4.69, 9.17) is 4.98 Å². The molecule has 0 aliphatic heterocycles. The van der Waals surface area contributed by atoms with Gasteiger partial charge in [-0.2, -0.15) is 5.10 Å². The van der Waals surface area contributed by atoms with Gasteiger partial charge in [0.25, 0.3) is 0 Å². The zero-order valence-corrected chi connectivity index (χ0v) is 25.7. The van der Waals surface area contributed by atoms with Crippen molar-refractivity contribution >= 4 is 27.6 Å². The van der Waals surface area contributed by atoms with E-state index in [1.54, 1.807) is 18.5 Å². The van der Waals surface area contributed by atoms with Gasteiger partial charge in [0.15, 0.2) is 0 Å². The van der Waals surface area contributed by atoms with Crippen molar-refractivity contribution in [1.82, 2.24) is 40.3 Å². The van der Waals surface area contributed by atoms with Crippen LogP contribution < -0.4 is 10.6 Å². The van der Waals surface area contributed by atoms with Crippen LogP contribution in [0, 0.1) is 5.82 Å². The molecular weight excluding hydrogens is 577 g/mol. The zero-order chi connectivity index (χ0) is 31.5. The van der Waals surface area contributed by atoms with Crippen LogP contribution in [0.3, 0.4) is 0 Å². The highest BCUT2D eigenvalue weighted by atomic mass is 19.1. The van der Waals surface area contributed by atoms with Crippen LogP contribution >= 0.6 is 0 Å². The molecule has 0 radical (unpaired) electrons. The van der Waals surface area contributed by atoms with Gasteiger partial charge in [-0.3, -0.25) is 15.1 Å². The number of nitrogens with zero attached hydrogens (tertiary/aromatic N) is 5. The van der Waals surface area contributed by atoms with Crippen molar-refractivity contribution in [3.8, 4) is 33.8 Å². The van der Waals surface area contributed by atoms with Crippen LogP contribution in [0.25, 0.3) is 55.7 Å². The highest BCUT2D eigenvalue weighted by Gasteiger charge is 2.16. The fourth-order valence-corrected chi connectivity index (χ4v) is 5.63. The SMILES string of the molecule is CN(C)CCNc1cc(F)cc(-c2ccnc3[nH]c(-c4n[nH]c5cnc(-c6cncc(CNCc7ccccc7)c6)cc45)cc23)c1. The first-order chi connectivity index (χ1) is 22.5. The second kappa shape index (κ2) is 12.9. The maximum Gasteiger partial charge on any atom is 0.138 e. The van der Waals surface area contributed by atoms with Crippen molar-refractivity contribution in [3.63, 3.8) is 0 Å². The predicted molar refractivity (Wildman–Crippen MR) is 182 cm³/mol. The number of benzene rings is 2. The number of likely N-dealkylation sites (N-methyl/N-ethyl adjacent to an activating group) is 1. The Hall–Kier alpha value is -5.45. The van der Waals surface area contributed by atoms with Crippen molar-refractivity contribution < 1.29 is 4.39 Å². The van der Waals surface area contributed by atoms with Crippen LogP contribution in [0.5, 0.6) is 0 Å². The fourth-order valence-electron chi connectivity index (χ4n) is 5.63. The molecule has 4 N–H and O–H groups in total. The van der Waals surface area contributed by atoms with E-state index in [0.29, 0.717) is 18.7 Å². The van der Waals surface area contributed by atoms with E-state index in [0.717, 1.165) is 74.4 Å². The summed E-state index contributed by atoms with van der Waals surface area (Å²) in [4.78, 5) is 19.3. The number of halogens is 1. The summed E-state index contributed by atoms with van der Waals surface area (Å²) in [5.41, 5.74) is 9.50. The Morgan fingerprint density at radius 1 is 0.826 bits per heavy atom. The number of anilines is 1. The first-order valence-corrected chi connectivity index (χ1v) is 15.2. The van der Waals surface area contributed by atoms with E-state index in [1.165, 1.54) is 11.6 Å². The lowest BCUT2D eigenvalue weighted by molar-refractivity contribution is 0.425. The van der Waals surface area contributed by atoms with Gasteiger partial charge in [-0.1, -0.05) is 30.3 Å². The summed E-state index contributed by atoms with van der Waals surface area (Å²) in [7, 11) is 4.02. The Balaban J connectivity index is 1.17. The smallest absolute Gasteiger partial charge is 0.138 e. The normalized spacial score (nSPS) is 11.6. The maximum absolute atomic E-state index is 14.7. The molecule has 0 bridgehead atoms. The maximum atomic E-state index is 14.7. The average Bonchev–Trinajstić information content (AvgIpc) is 3.69. The number of aromatic nitrogens is 6. The number of aromatic amines is 2. The second-order valence-electron chi connectivity index (χ2n) is 11.6. The number of rotatable bonds is 11. The number of pyridine rings is 3. The van der Waals surface area contributed by atoms with E-state index in [2.05, 4.69) is 58.9 Å². The molecule has 0 spiro atoms. The highest BCUT2D eigenvalue weighted by Crippen LogP contribution is 2.35. The highest BCUT2D eigenvalue weighted by molar-refractivity contribution is 6.00. The summed E-state index contributed by atoms with van der Waals surface area (Å²) in [6.07, 6.45) is 7.24. The molecule has 9 nitrogen and oxygen atoms in total. The molecule has 7 aromatic rings. The molecule has 0 aliphatic rings. The van der Waals surface area contributed by atoms with Crippen molar-refractivity contribution in [1.29, 1.82) is 0 Å². The van der Waals surface area contributed by atoms with Crippen LogP contribution in [0.15, 0.2) is 97.6 Å². The molecule has 10 heteroatoms.